The van der Waals surface area contributed by atoms with E-state index < -0.39 is 0 Å². The first-order valence-electron chi connectivity index (χ1n) is 6.32. The van der Waals surface area contributed by atoms with Gasteiger partial charge >= 0.3 is 0 Å². The third-order valence-electron chi connectivity index (χ3n) is 2.87. The zero-order valence-corrected chi connectivity index (χ0v) is 11.5. The van der Waals surface area contributed by atoms with Crippen LogP contribution in [0.3, 0.4) is 0 Å². The number of ether oxygens (including phenoxy) is 1. The van der Waals surface area contributed by atoms with Crippen molar-refractivity contribution in [1.82, 2.24) is 0 Å². The Bertz CT molecular complexity index is 401. The van der Waals surface area contributed by atoms with Gasteiger partial charge in [0.05, 0.1) is 12.8 Å². The standard InChI is InChI=1S/C14H22N2O2/c1-5-11(6-2)16-12-7-8-13(15-10(3)17)14(9-12)18-4/h7-9,11,16H,5-6H2,1-4H3,(H,15,17). The average molecular weight is 250 g/mol. The van der Waals surface area contributed by atoms with Crippen LogP contribution in [0.15, 0.2) is 18.2 Å². The second-order valence-electron chi connectivity index (χ2n) is 4.25. The molecule has 0 aromatic heterocycles. The molecule has 100 valence electrons. The average Bonchev–Trinajstić information content (AvgIpc) is 2.36. The molecule has 0 radical (unpaired) electrons. The number of rotatable bonds is 6. The second-order valence-corrected chi connectivity index (χ2v) is 4.25. The molecule has 0 spiro atoms. The van der Waals surface area contributed by atoms with E-state index in [0.29, 0.717) is 17.5 Å². The molecular weight excluding hydrogens is 228 g/mol. The molecule has 1 amide bonds. The molecule has 0 heterocycles. The number of nitrogens with one attached hydrogen (secondary N) is 2. The summed E-state index contributed by atoms with van der Waals surface area (Å²) < 4.78 is 5.28. The minimum absolute atomic E-state index is 0.103. The predicted molar refractivity (Wildman–Crippen MR) is 75.3 cm³/mol. The van der Waals surface area contributed by atoms with Crippen molar-refractivity contribution in [2.45, 2.75) is 39.7 Å². The summed E-state index contributed by atoms with van der Waals surface area (Å²) in [5.41, 5.74) is 1.70. The van der Waals surface area contributed by atoms with Crippen LogP contribution in [-0.2, 0) is 4.79 Å². The maximum Gasteiger partial charge on any atom is 0.221 e. The SMILES string of the molecule is CCC(CC)Nc1ccc(NC(C)=O)c(OC)c1. The molecule has 4 nitrogen and oxygen atoms in total. The van der Waals surface area contributed by atoms with Gasteiger partial charge < -0.3 is 15.4 Å². The van der Waals surface area contributed by atoms with Crippen molar-refractivity contribution in [1.29, 1.82) is 0 Å². The Balaban J connectivity index is 2.87. The molecule has 0 unspecified atom stereocenters. The lowest BCUT2D eigenvalue weighted by Crippen LogP contribution is -2.17. The summed E-state index contributed by atoms with van der Waals surface area (Å²) in [6.45, 7) is 5.80. The first-order valence-corrected chi connectivity index (χ1v) is 6.32. The lowest BCUT2D eigenvalue weighted by Gasteiger charge is -2.18. The van der Waals surface area contributed by atoms with Crippen LogP contribution < -0.4 is 15.4 Å². The summed E-state index contributed by atoms with van der Waals surface area (Å²) in [6, 6.07) is 6.17. The molecule has 0 saturated carbocycles. The fourth-order valence-electron chi connectivity index (χ4n) is 1.80. The summed E-state index contributed by atoms with van der Waals surface area (Å²) in [5.74, 6) is 0.565. The molecule has 1 aromatic rings. The van der Waals surface area contributed by atoms with Crippen LogP contribution >= 0.6 is 0 Å². The van der Waals surface area contributed by atoms with Crippen molar-refractivity contribution in [3.8, 4) is 5.75 Å². The van der Waals surface area contributed by atoms with Gasteiger partial charge in [-0.25, -0.2) is 0 Å². The number of hydrogen-bond acceptors (Lipinski definition) is 3. The van der Waals surface area contributed by atoms with Crippen LogP contribution in [0.4, 0.5) is 11.4 Å². The van der Waals surface area contributed by atoms with Crippen molar-refractivity contribution in [3.63, 3.8) is 0 Å². The van der Waals surface area contributed by atoms with Gasteiger partial charge in [0.25, 0.3) is 0 Å². The number of benzene rings is 1. The third-order valence-corrected chi connectivity index (χ3v) is 2.87. The minimum atomic E-state index is -0.103. The van der Waals surface area contributed by atoms with E-state index in [0.717, 1.165) is 18.5 Å². The molecule has 1 aromatic carbocycles. The van der Waals surface area contributed by atoms with Crippen LogP contribution in [0.5, 0.6) is 5.75 Å². The Kier molecular flexibility index (Phi) is 5.49. The van der Waals surface area contributed by atoms with Crippen LogP contribution in [-0.4, -0.2) is 19.1 Å². The summed E-state index contributed by atoms with van der Waals surface area (Å²) in [4.78, 5) is 11.1. The number of anilines is 2. The summed E-state index contributed by atoms with van der Waals surface area (Å²) in [5, 5.41) is 6.18. The van der Waals surface area contributed by atoms with Crippen LogP contribution in [0, 0.1) is 0 Å². The maximum absolute atomic E-state index is 11.1. The molecule has 2 N–H and O–H groups in total. The molecule has 18 heavy (non-hydrogen) atoms. The van der Waals surface area contributed by atoms with Gasteiger partial charge in [-0.15, -0.1) is 0 Å². The molecular formula is C14H22N2O2. The highest BCUT2D eigenvalue weighted by Gasteiger charge is 2.08. The van der Waals surface area contributed by atoms with Gasteiger partial charge in [0.2, 0.25) is 5.91 Å². The highest BCUT2D eigenvalue weighted by atomic mass is 16.5. The molecule has 0 fully saturated rings. The second kappa shape index (κ2) is 6.89. The fourth-order valence-corrected chi connectivity index (χ4v) is 1.80. The molecule has 0 bridgehead atoms. The molecule has 0 aliphatic carbocycles. The van der Waals surface area contributed by atoms with Gasteiger partial charge in [-0.2, -0.15) is 0 Å². The smallest absolute Gasteiger partial charge is 0.221 e. The molecule has 0 saturated heterocycles. The van der Waals surface area contributed by atoms with Crippen molar-refractivity contribution in [2.24, 2.45) is 0 Å². The summed E-state index contributed by atoms with van der Waals surface area (Å²) in [7, 11) is 1.60. The summed E-state index contributed by atoms with van der Waals surface area (Å²) >= 11 is 0. The number of carbonyl (C=O) groups excluding carboxylic acids is 1. The Morgan fingerprint density at radius 1 is 1.33 bits per heavy atom. The number of carbonyl (C=O) groups is 1. The van der Waals surface area contributed by atoms with Gasteiger partial charge in [-0.3, -0.25) is 4.79 Å². The Morgan fingerprint density at radius 2 is 2.00 bits per heavy atom. The summed E-state index contributed by atoms with van der Waals surface area (Å²) in [6.07, 6.45) is 2.15. The van der Waals surface area contributed by atoms with E-state index in [1.165, 1.54) is 6.92 Å². The topological polar surface area (TPSA) is 50.4 Å². The lowest BCUT2D eigenvalue weighted by molar-refractivity contribution is -0.114. The molecule has 0 aliphatic rings. The van der Waals surface area contributed by atoms with E-state index in [1.54, 1.807) is 7.11 Å². The first-order chi connectivity index (χ1) is 8.60. The predicted octanol–water partition coefficient (Wildman–Crippen LogP) is 3.25. The number of hydrogen-bond donors (Lipinski definition) is 2. The van der Waals surface area contributed by atoms with Crippen LogP contribution in [0.2, 0.25) is 0 Å². The van der Waals surface area contributed by atoms with E-state index in [2.05, 4.69) is 24.5 Å². The van der Waals surface area contributed by atoms with Crippen molar-refractivity contribution < 1.29 is 9.53 Å². The zero-order valence-electron chi connectivity index (χ0n) is 11.5. The zero-order chi connectivity index (χ0) is 13.5. The van der Waals surface area contributed by atoms with E-state index >= 15 is 0 Å². The van der Waals surface area contributed by atoms with Gasteiger partial charge in [0.15, 0.2) is 0 Å². The van der Waals surface area contributed by atoms with Gasteiger partial charge in [-0.1, -0.05) is 13.8 Å². The third kappa shape index (κ3) is 3.95. The minimum Gasteiger partial charge on any atom is -0.494 e. The number of amides is 1. The van der Waals surface area contributed by atoms with Crippen LogP contribution in [0.25, 0.3) is 0 Å². The molecule has 1 rings (SSSR count). The monoisotopic (exact) mass is 250 g/mol. The van der Waals surface area contributed by atoms with Gasteiger partial charge in [-0.05, 0) is 25.0 Å². The normalized spacial score (nSPS) is 10.3. The molecule has 4 heteroatoms. The van der Waals surface area contributed by atoms with Gasteiger partial charge in [0.1, 0.15) is 5.75 Å². The van der Waals surface area contributed by atoms with Crippen molar-refractivity contribution >= 4 is 17.3 Å². The van der Waals surface area contributed by atoms with Crippen molar-refractivity contribution in [3.05, 3.63) is 18.2 Å². The van der Waals surface area contributed by atoms with Crippen LogP contribution in [0.1, 0.15) is 33.6 Å². The van der Waals surface area contributed by atoms with E-state index in [9.17, 15) is 4.79 Å². The van der Waals surface area contributed by atoms with Gasteiger partial charge in [0, 0.05) is 24.7 Å². The van der Waals surface area contributed by atoms with E-state index in [1.807, 2.05) is 18.2 Å². The highest BCUT2D eigenvalue weighted by molar-refractivity contribution is 5.90. The number of methoxy groups -OCH3 is 1. The Labute approximate surface area is 109 Å². The van der Waals surface area contributed by atoms with Crippen molar-refractivity contribution in [2.75, 3.05) is 17.7 Å². The quantitative estimate of drug-likeness (QED) is 0.814. The highest BCUT2D eigenvalue weighted by Crippen LogP contribution is 2.28. The molecule has 0 aliphatic heterocycles. The Hall–Kier alpha value is -1.71. The van der Waals surface area contributed by atoms with E-state index in [4.69, 9.17) is 4.74 Å². The fraction of sp³-hybridized carbons (Fsp3) is 0.500. The Morgan fingerprint density at radius 3 is 2.50 bits per heavy atom. The molecule has 0 atom stereocenters. The van der Waals surface area contributed by atoms with E-state index in [-0.39, 0.29) is 5.91 Å². The maximum atomic E-state index is 11.1. The first kappa shape index (κ1) is 14.4. The largest absolute Gasteiger partial charge is 0.494 e. The lowest BCUT2D eigenvalue weighted by atomic mass is 10.1.